The monoisotopic (exact) mass is 273 g/mol. The summed E-state index contributed by atoms with van der Waals surface area (Å²) in [6.45, 7) is 0. The fraction of sp³-hybridized carbons (Fsp3) is 0.500. The van der Waals surface area contributed by atoms with Gasteiger partial charge in [0.2, 0.25) is 5.88 Å². The Balaban J connectivity index is 3.40. The summed E-state index contributed by atoms with van der Waals surface area (Å²) in [5, 5.41) is 19.5. The number of H-pyrrole nitrogens is 2. The number of esters is 1. The number of carbonyl (C=O) groups is 1. The van der Waals surface area contributed by atoms with E-state index >= 15 is 0 Å². The molecule has 19 heavy (non-hydrogen) atoms. The van der Waals surface area contributed by atoms with E-state index in [1.807, 2.05) is 9.97 Å². The summed E-state index contributed by atoms with van der Waals surface area (Å²) in [4.78, 5) is 39.3. The molecule has 0 aliphatic rings. The fourth-order valence-electron chi connectivity index (χ4n) is 1.71. The molecule has 2 atom stereocenters. The number of methoxy groups -OCH3 is 1. The molecule has 0 amide bonds. The molecule has 4 N–H and O–H groups in total. The molecule has 0 aromatic carbocycles. The molecule has 0 aliphatic carbocycles. The van der Waals surface area contributed by atoms with Gasteiger partial charge in [0.25, 0.3) is 5.56 Å². The standard InChI is InChI=1S/C10H15N3O6/c1-13(2)5(6(14)9(17)19-3)4-7(15)11-10(18)12-8(4)16/h5-6,14H,1-3H3,(H3,11,12,15,16,18). The lowest BCUT2D eigenvalue weighted by atomic mass is 10.0. The number of ether oxygens (including phenoxy) is 1. The molecule has 0 saturated carbocycles. The van der Waals surface area contributed by atoms with Gasteiger partial charge in [0, 0.05) is 0 Å². The molecule has 0 fully saturated rings. The molecule has 2 unspecified atom stereocenters. The van der Waals surface area contributed by atoms with Gasteiger partial charge < -0.3 is 14.9 Å². The van der Waals surface area contributed by atoms with E-state index in [1.165, 1.54) is 19.0 Å². The molecule has 1 heterocycles. The van der Waals surface area contributed by atoms with Gasteiger partial charge in [0.1, 0.15) is 0 Å². The summed E-state index contributed by atoms with van der Waals surface area (Å²) in [7, 11) is 4.05. The molecule has 0 bridgehead atoms. The zero-order chi connectivity index (χ0) is 14.7. The maximum Gasteiger partial charge on any atom is 0.336 e. The number of aliphatic hydroxyl groups excluding tert-OH is 1. The lowest BCUT2D eigenvalue weighted by Crippen LogP contribution is -2.41. The molecule has 1 aromatic rings. The third-order valence-corrected chi connectivity index (χ3v) is 2.55. The fourth-order valence-corrected chi connectivity index (χ4v) is 1.71. The van der Waals surface area contributed by atoms with Crippen LogP contribution >= 0.6 is 0 Å². The van der Waals surface area contributed by atoms with Gasteiger partial charge in [-0.3, -0.25) is 19.7 Å². The first-order chi connectivity index (χ1) is 8.79. The quantitative estimate of drug-likeness (QED) is 0.461. The van der Waals surface area contributed by atoms with Crippen molar-refractivity contribution in [2.24, 2.45) is 0 Å². The summed E-state index contributed by atoms with van der Waals surface area (Å²) in [5.74, 6) is -1.68. The highest BCUT2D eigenvalue weighted by atomic mass is 16.5. The van der Waals surface area contributed by atoms with E-state index in [0.29, 0.717) is 0 Å². The minimum absolute atomic E-state index is 0.331. The number of likely N-dealkylation sites (N-methyl/N-ethyl adjacent to an activating group) is 1. The topological polar surface area (TPSA) is 136 Å². The van der Waals surface area contributed by atoms with Crippen molar-refractivity contribution in [2.75, 3.05) is 21.2 Å². The summed E-state index contributed by atoms with van der Waals surface area (Å²) >= 11 is 0. The van der Waals surface area contributed by atoms with Crippen molar-refractivity contribution in [2.45, 2.75) is 12.1 Å². The molecule has 0 aliphatic heterocycles. The Labute approximate surface area is 107 Å². The van der Waals surface area contributed by atoms with Crippen LogP contribution in [0, 0.1) is 0 Å². The maximum atomic E-state index is 11.7. The minimum Gasteiger partial charge on any atom is -0.494 e. The summed E-state index contributed by atoms with van der Waals surface area (Å²) in [5.41, 5.74) is -2.12. The number of hydrogen-bond acceptors (Lipinski definition) is 7. The van der Waals surface area contributed by atoms with Crippen molar-refractivity contribution < 1.29 is 19.7 Å². The Bertz CT molecular complexity index is 575. The highest BCUT2D eigenvalue weighted by Crippen LogP contribution is 2.24. The van der Waals surface area contributed by atoms with Crippen LogP contribution in [0.2, 0.25) is 0 Å². The van der Waals surface area contributed by atoms with Gasteiger partial charge in [-0.2, -0.15) is 0 Å². The largest absolute Gasteiger partial charge is 0.494 e. The normalized spacial score (nSPS) is 14.2. The van der Waals surface area contributed by atoms with Crippen molar-refractivity contribution in [3.63, 3.8) is 0 Å². The van der Waals surface area contributed by atoms with Crippen LogP contribution in [0.5, 0.6) is 5.88 Å². The Kier molecular flexibility index (Phi) is 4.46. The molecule has 1 aromatic heterocycles. The van der Waals surface area contributed by atoms with E-state index in [-0.39, 0.29) is 5.56 Å². The second kappa shape index (κ2) is 5.67. The number of aromatic nitrogens is 2. The smallest absolute Gasteiger partial charge is 0.336 e. The van der Waals surface area contributed by atoms with Gasteiger partial charge in [-0.15, -0.1) is 0 Å². The third kappa shape index (κ3) is 3.01. The Morgan fingerprint density at radius 1 is 1.32 bits per heavy atom. The highest BCUT2D eigenvalue weighted by Gasteiger charge is 2.34. The van der Waals surface area contributed by atoms with Gasteiger partial charge in [0.15, 0.2) is 6.10 Å². The van der Waals surface area contributed by atoms with Crippen molar-refractivity contribution in [1.82, 2.24) is 14.9 Å². The van der Waals surface area contributed by atoms with Crippen LogP contribution in [0.15, 0.2) is 9.59 Å². The number of rotatable bonds is 4. The summed E-state index contributed by atoms with van der Waals surface area (Å²) < 4.78 is 4.39. The molecule has 0 radical (unpaired) electrons. The van der Waals surface area contributed by atoms with E-state index in [2.05, 4.69) is 4.74 Å². The first kappa shape index (κ1) is 14.9. The van der Waals surface area contributed by atoms with Crippen molar-refractivity contribution in [3.05, 3.63) is 26.4 Å². The van der Waals surface area contributed by atoms with E-state index in [0.717, 1.165) is 7.11 Å². The van der Waals surface area contributed by atoms with Crippen molar-refractivity contribution in [1.29, 1.82) is 0 Å². The molecular formula is C10H15N3O6. The summed E-state index contributed by atoms with van der Waals surface area (Å²) in [6.07, 6.45) is -1.70. The Hall–Kier alpha value is -2.13. The highest BCUT2D eigenvalue weighted by molar-refractivity contribution is 5.75. The van der Waals surface area contributed by atoms with Gasteiger partial charge >= 0.3 is 11.7 Å². The molecule has 9 nitrogen and oxygen atoms in total. The number of hydrogen-bond donors (Lipinski definition) is 4. The van der Waals surface area contributed by atoms with Crippen LogP contribution < -0.4 is 11.2 Å². The molecule has 106 valence electrons. The van der Waals surface area contributed by atoms with Gasteiger partial charge in [-0.1, -0.05) is 0 Å². The van der Waals surface area contributed by atoms with Gasteiger partial charge in [0.05, 0.1) is 18.7 Å². The number of nitrogens with one attached hydrogen (secondary N) is 2. The minimum atomic E-state index is -1.70. The lowest BCUT2D eigenvalue weighted by Gasteiger charge is -2.27. The van der Waals surface area contributed by atoms with Crippen molar-refractivity contribution >= 4 is 5.97 Å². The number of aromatic amines is 2. The van der Waals surface area contributed by atoms with Crippen LogP contribution in [0.1, 0.15) is 11.6 Å². The molecular weight excluding hydrogens is 258 g/mol. The van der Waals surface area contributed by atoms with Crippen LogP contribution in [0.4, 0.5) is 0 Å². The molecule has 0 spiro atoms. The number of aliphatic hydroxyl groups is 1. The van der Waals surface area contributed by atoms with E-state index in [1.54, 1.807) is 0 Å². The SMILES string of the molecule is COC(=O)C(O)C(c1c(O)[nH]c(=O)[nH]c1=O)N(C)C. The number of aromatic hydroxyl groups is 1. The third-order valence-electron chi connectivity index (χ3n) is 2.55. The van der Waals surface area contributed by atoms with E-state index < -0.39 is 35.2 Å². The second-order valence-corrected chi connectivity index (χ2v) is 4.05. The first-order valence-electron chi connectivity index (χ1n) is 5.27. The second-order valence-electron chi connectivity index (χ2n) is 4.05. The first-order valence-corrected chi connectivity index (χ1v) is 5.27. The van der Waals surface area contributed by atoms with Crippen LogP contribution in [0.3, 0.4) is 0 Å². The zero-order valence-corrected chi connectivity index (χ0v) is 10.6. The Morgan fingerprint density at radius 3 is 2.32 bits per heavy atom. The Morgan fingerprint density at radius 2 is 1.89 bits per heavy atom. The predicted molar refractivity (Wildman–Crippen MR) is 63.8 cm³/mol. The lowest BCUT2D eigenvalue weighted by molar-refractivity contribution is -0.154. The molecule has 1 rings (SSSR count). The molecule has 9 heteroatoms. The average molecular weight is 273 g/mol. The maximum absolute atomic E-state index is 11.7. The summed E-state index contributed by atoms with van der Waals surface area (Å²) in [6, 6.07) is -1.17. The van der Waals surface area contributed by atoms with Gasteiger partial charge in [-0.05, 0) is 14.1 Å². The van der Waals surface area contributed by atoms with Crippen LogP contribution in [-0.4, -0.2) is 58.4 Å². The van der Waals surface area contributed by atoms with Gasteiger partial charge in [-0.25, -0.2) is 9.59 Å². The number of nitrogens with zero attached hydrogens (tertiary/aromatic N) is 1. The van der Waals surface area contributed by atoms with E-state index in [4.69, 9.17) is 0 Å². The van der Waals surface area contributed by atoms with Crippen molar-refractivity contribution in [3.8, 4) is 5.88 Å². The predicted octanol–water partition coefficient (Wildman–Crippen LogP) is -2.09. The van der Waals surface area contributed by atoms with Crippen LogP contribution in [0.25, 0.3) is 0 Å². The zero-order valence-electron chi connectivity index (χ0n) is 10.6. The molecule has 0 saturated heterocycles. The average Bonchev–Trinajstić information content (AvgIpc) is 2.31. The van der Waals surface area contributed by atoms with E-state index in [9.17, 15) is 24.6 Å². The van der Waals surface area contributed by atoms with Crippen LogP contribution in [-0.2, 0) is 9.53 Å². The number of carbonyl (C=O) groups excluding carboxylic acids is 1.